The van der Waals surface area contributed by atoms with E-state index in [9.17, 15) is 4.79 Å². The number of benzene rings is 1. The van der Waals surface area contributed by atoms with Crippen LogP contribution >= 0.6 is 23.1 Å². The first kappa shape index (κ1) is 16.5. The van der Waals surface area contributed by atoms with Crippen LogP contribution < -0.4 is 10.1 Å². The van der Waals surface area contributed by atoms with Crippen molar-refractivity contribution in [2.75, 3.05) is 18.2 Å². The second-order valence-electron chi connectivity index (χ2n) is 4.76. The maximum Gasteiger partial charge on any atom is 0.234 e. The number of hydrogen-bond donors (Lipinski definition) is 1. The Hall–Kier alpha value is -2.39. The van der Waals surface area contributed by atoms with Gasteiger partial charge in [0.1, 0.15) is 5.75 Å². The van der Waals surface area contributed by atoms with Crippen LogP contribution in [0.1, 0.15) is 4.88 Å². The van der Waals surface area contributed by atoms with Gasteiger partial charge in [0.15, 0.2) is 0 Å². The van der Waals surface area contributed by atoms with E-state index in [1.54, 1.807) is 47.4 Å². The van der Waals surface area contributed by atoms with Crippen LogP contribution in [0.5, 0.6) is 5.75 Å². The SMILES string of the molecule is COc1ccc(NC(=O)CSc2nnnn2Cc2cccs2)cc1. The van der Waals surface area contributed by atoms with E-state index in [1.807, 2.05) is 17.5 Å². The van der Waals surface area contributed by atoms with Gasteiger partial charge in [0.05, 0.1) is 19.4 Å². The van der Waals surface area contributed by atoms with E-state index in [-0.39, 0.29) is 11.7 Å². The van der Waals surface area contributed by atoms with E-state index in [0.717, 1.165) is 16.3 Å². The first-order valence-electron chi connectivity index (χ1n) is 7.10. The number of thiophene rings is 1. The van der Waals surface area contributed by atoms with Gasteiger partial charge in [0, 0.05) is 10.6 Å². The molecule has 1 amide bonds. The molecule has 0 bridgehead atoms. The number of nitrogens with one attached hydrogen (secondary N) is 1. The van der Waals surface area contributed by atoms with Gasteiger partial charge in [0.2, 0.25) is 11.1 Å². The van der Waals surface area contributed by atoms with Gasteiger partial charge in [-0.25, -0.2) is 4.68 Å². The zero-order valence-electron chi connectivity index (χ0n) is 12.9. The second-order valence-corrected chi connectivity index (χ2v) is 6.74. The molecule has 1 N–H and O–H groups in total. The summed E-state index contributed by atoms with van der Waals surface area (Å²) in [6.45, 7) is 0.604. The molecule has 1 aromatic carbocycles. The zero-order valence-corrected chi connectivity index (χ0v) is 14.5. The normalized spacial score (nSPS) is 10.5. The third-order valence-corrected chi connectivity index (χ3v) is 4.91. The van der Waals surface area contributed by atoms with Gasteiger partial charge in [-0.2, -0.15) is 0 Å². The molecule has 3 rings (SSSR count). The standard InChI is InChI=1S/C15H15N5O2S2/c1-22-12-6-4-11(5-7-12)16-14(21)10-24-15-17-18-19-20(15)9-13-3-2-8-23-13/h2-8H,9-10H2,1H3,(H,16,21). The average Bonchev–Trinajstić information content (AvgIpc) is 3.26. The van der Waals surface area contributed by atoms with Crippen molar-refractivity contribution in [1.29, 1.82) is 0 Å². The Morgan fingerprint density at radius 2 is 2.17 bits per heavy atom. The molecule has 0 fully saturated rings. The predicted octanol–water partition coefficient (Wildman–Crippen LogP) is 2.52. The molecule has 7 nitrogen and oxygen atoms in total. The summed E-state index contributed by atoms with van der Waals surface area (Å²) < 4.78 is 6.78. The van der Waals surface area contributed by atoms with Crippen molar-refractivity contribution in [2.45, 2.75) is 11.7 Å². The summed E-state index contributed by atoms with van der Waals surface area (Å²) in [5.41, 5.74) is 0.722. The first-order valence-corrected chi connectivity index (χ1v) is 8.96. The number of nitrogens with zero attached hydrogens (tertiary/aromatic N) is 4. The summed E-state index contributed by atoms with van der Waals surface area (Å²) in [5.74, 6) is 0.864. The zero-order chi connectivity index (χ0) is 16.8. The maximum absolute atomic E-state index is 12.1. The molecule has 24 heavy (non-hydrogen) atoms. The van der Waals surface area contributed by atoms with Crippen LogP contribution in [0.4, 0.5) is 5.69 Å². The average molecular weight is 361 g/mol. The molecule has 3 aromatic rings. The summed E-state index contributed by atoms with van der Waals surface area (Å²) in [6.07, 6.45) is 0. The molecule has 0 saturated heterocycles. The Morgan fingerprint density at radius 1 is 1.33 bits per heavy atom. The van der Waals surface area contributed by atoms with E-state index < -0.39 is 0 Å². The van der Waals surface area contributed by atoms with E-state index in [0.29, 0.717) is 11.7 Å². The minimum atomic E-state index is -0.115. The number of rotatable bonds is 7. The fourth-order valence-corrected chi connectivity index (χ4v) is 3.31. The Kier molecular flexibility index (Phi) is 5.44. The minimum Gasteiger partial charge on any atom is -0.497 e. The number of aromatic nitrogens is 4. The molecule has 0 spiro atoms. The highest BCUT2D eigenvalue weighted by atomic mass is 32.2. The van der Waals surface area contributed by atoms with Crippen molar-refractivity contribution < 1.29 is 9.53 Å². The van der Waals surface area contributed by atoms with Crippen LogP contribution in [-0.2, 0) is 11.3 Å². The summed E-state index contributed by atoms with van der Waals surface area (Å²) in [6, 6.07) is 11.2. The van der Waals surface area contributed by atoms with Crippen molar-refractivity contribution in [1.82, 2.24) is 20.2 Å². The van der Waals surface area contributed by atoms with Gasteiger partial charge >= 0.3 is 0 Å². The van der Waals surface area contributed by atoms with Gasteiger partial charge in [-0.3, -0.25) is 4.79 Å². The number of thioether (sulfide) groups is 1. The topological polar surface area (TPSA) is 81.9 Å². The van der Waals surface area contributed by atoms with Gasteiger partial charge in [-0.15, -0.1) is 16.4 Å². The van der Waals surface area contributed by atoms with Gasteiger partial charge < -0.3 is 10.1 Å². The second kappa shape index (κ2) is 7.93. The molecule has 124 valence electrons. The van der Waals surface area contributed by atoms with Gasteiger partial charge in [-0.1, -0.05) is 17.8 Å². The molecule has 0 radical (unpaired) electrons. The monoisotopic (exact) mass is 361 g/mol. The van der Waals surface area contributed by atoms with E-state index in [4.69, 9.17) is 4.74 Å². The Balaban J connectivity index is 1.53. The smallest absolute Gasteiger partial charge is 0.234 e. The molecule has 0 aliphatic heterocycles. The predicted molar refractivity (Wildman–Crippen MR) is 93.6 cm³/mol. The lowest BCUT2D eigenvalue weighted by atomic mass is 10.3. The fraction of sp³-hybridized carbons (Fsp3) is 0.200. The Morgan fingerprint density at radius 3 is 2.88 bits per heavy atom. The van der Waals surface area contributed by atoms with Crippen LogP contribution in [0.2, 0.25) is 0 Å². The minimum absolute atomic E-state index is 0.115. The third kappa shape index (κ3) is 4.33. The molecule has 2 heterocycles. The van der Waals surface area contributed by atoms with Crippen LogP contribution in [0, 0.1) is 0 Å². The van der Waals surface area contributed by atoms with Gasteiger partial charge in [0.25, 0.3) is 0 Å². The quantitative estimate of drug-likeness (QED) is 0.651. The summed E-state index contributed by atoms with van der Waals surface area (Å²) in [4.78, 5) is 13.2. The third-order valence-electron chi connectivity index (χ3n) is 3.09. The van der Waals surface area contributed by atoms with Gasteiger partial charge in [-0.05, 0) is 46.1 Å². The van der Waals surface area contributed by atoms with Crippen molar-refractivity contribution in [2.24, 2.45) is 0 Å². The highest BCUT2D eigenvalue weighted by Gasteiger charge is 2.11. The van der Waals surface area contributed by atoms with Crippen LogP contribution in [0.15, 0.2) is 46.9 Å². The number of hydrogen-bond acceptors (Lipinski definition) is 7. The lowest BCUT2D eigenvalue weighted by molar-refractivity contribution is -0.113. The lowest BCUT2D eigenvalue weighted by Crippen LogP contribution is -2.14. The molecular weight excluding hydrogens is 346 g/mol. The number of methoxy groups -OCH3 is 1. The van der Waals surface area contributed by atoms with E-state index in [1.165, 1.54) is 11.8 Å². The number of anilines is 1. The van der Waals surface area contributed by atoms with E-state index in [2.05, 4.69) is 20.8 Å². The Labute approximate surface area is 147 Å². The lowest BCUT2D eigenvalue weighted by Gasteiger charge is -2.06. The van der Waals surface area contributed by atoms with Crippen LogP contribution in [0.25, 0.3) is 0 Å². The molecule has 0 saturated carbocycles. The Bertz CT molecular complexity index is 787. The summed E-state index contributed by atoms with van der Waals surface area (Å²) >= 11 is 2.95. The molecular formula is C15H15N5O2S2. The van der Waals surface area contributed by atoms with Crippen LogP contribution in [0.3, 0.4) is 0 Å². The molecule has 0 atom stereocenters. The fourth-order valence-electron chi connectivity index (χ4n) is 1.95. The van der Waals surface area contributed by atoms with Crippen molar-refractivity contribution in [3.8, 4) is 5.75 Å². The van der Waals surface area contributed by atoms with Crippen molar-refractivity contribution in [3.05, 3.63) is 46.7 Å². The number of carbonyl (C=O) groups is 1. The number of amides is 1. The number of tetrazole rings is 1. The first-order chi connectivity index (χ1) is 11.7. The molecule has 0 aliphatic rings. The number of ether oxygens (including phenoxy) is 1. The largest absolute Gasteiger partial charge is 0.497 e. The van der Waals surface area contributed by atoms with E-state index >= 15 is 0 Å². The number of carbonyl (C=O) groups excluding carboxylic acids is 1. The van der Waals surface area contributed by atoms with Crippen molar-refractivity contribution >= 4 is 34.7 Å². The van der Waals surface area contributed by atoms with Crippen LogP contribution in [-0.4, -0.2) is 39.0 Å². The van der Waals surface area contributed by atoms with Crippen molar-refractivity contribution in [3.63, 3.8) is 0 Å². The molecule has 0 unspecified atom stereocenters. The highest BCUT2D eigenvalue weighted by Crippen LogP contribution is 2.18. The molecule has 9 heteroatoms. The highest BCUT2D eigenvalue weighted by molar-refractivity contribution is 7.99. The summed E-state index contributed by atoms with van der Waals surface area (Å²) in [5, 5.41) is 17.1. The molecule has 0 aliphatic carbocycles. The maximum atomic E-state index is 12.1. The molecule has 2 aromatic heterocycles. The summed E-state index contributed by atoms with van der Waals surface area (Å²) in [7, 11) is 1.60.